The monoisotopic (exact) mass is 404 g/mol. The molecule has 156 valence electrons. The molecule has 0 saturated heterocycles. The highest BCUT2D eigenvalue weighted by Crippen LogP contribution is 2.14. The molecule has 0 aromatic heterocycles. The molecule has 0 bridgehead atoms. The van der Waals surface area contributed by atoms with Crippen LogP contribution in [0.1, 0.15) is 43.7 Å². The van der Waals surface area contributed by atoms with Gasteiger partial charge in [0.25, 0.3) is 0 Å². The van der Waals surface area contributed by atoms with Crippen molar-refractivity contribution in [1.29, 1.82) is 0 Å². The summed E-state index contributed by atoms with van der Waals surface area (Å²) >= 11 is 0. The molecule has 30 heavy (non-hydrogen) atoms. The van der Waals surface area contributed by atoms with Gasteiger partial charge in [0.15, 0.2) is 5.78 Å². The van der Waals surface area contributed by atoms with E-state index in [-0.39, 0.29) is 17.5 Å². The molecule has 2 N–H and O–H groups in total. The number of carbonyl (C=O) groups excluding carboxylic acids is 3. The lowest BCUT2D eigenvalue weighted by molar-refractivity contribution is -0.118. The summed E-state index contributed by atoms with van der Waals surface area (Å²) in [5.41, 5.74) is 3.43. The van der Waals surface area contributed by atoms with Crippen LogP contribution in [0.3, 0.4) is 0 Å². The number of hydrogen-bond acceptors (Lipinski definition) is 4. The zero-order valence-electron chi connectivity index (χ0n) is 17.5. The van der Waals surface area contributed by atoms with Crippen molar-refractivity contribution in [2.75, 3.05) is 17.7 Å². The number of rotatable bonds is 11. The largest absolute Gasteiger partial charge is 0.388 e. The minimum absolute atomic E-state index is 0.0810. The van der Waals surface area contributed by atoms with E-state index in [0.29, 0.717) is 24.9 Å². The Morgan fingerprint density at radius 2 is 1.40 bits per heavy atom. The van der Waals surface area contributed by atoms with Crippen molar-refractivity contribution in [1.82, 2.24) is 0 Å². The number of anilines is 2. The van der Waals surface area contributed by atoms with Gasteiger partial charge in [-0.15, -0.1) is 0 Å². The van der Waals surface area contributed by atoms with E-state index in [1.165, 1.54) is 12.2 Å². The molecule has 2 aromatic rings. The van der Waals surface area contributed by atoms with E-state index in [9.17, 15) is 14.4 Å². The molecule has 0 heterocycles. The Labute approximate surface area is 177 Å². The summed E-state index contributed by atoms with van der Waals surface area (Å²) in [5.74, 6) is -0.0574. The molecular weight excluding hydrogens is 376 g/mol. The van der Waals surface area contributed by atoms with Crippen LogP contribution in [0.25, 0.3) is 12.2 Å². The second-order valence-corrected chi connectivity index (χ2v) is 7.03. The van der Waals surface area contributed by atoms with E-state index in [2.05, 4.69) is 10.6 Å². The first-order valence-corrected chi connectivity index (χ1v) is 10.0. The summed E-state index contributed by atoms with van der Waals surface area (Å²) in [5, 5.41) is 5.92. The quantitative estimate of drug-likeness (QED) is 0.403. The third-order valence-corrected chi connectivity index (χ3v) is 4.41. The van der Waals surface area contributed by atoms with E-state index < -0.39 is 0 Å². The Morgan fingerprint density at radius 3 is 2.00 bits per heavy atom. The van der Waals surface area contributed by atoms with Crippen LogP contribution < -0.4 is 10.6 Å². The Hall–Kier alpha value is -3.47. The Bertz CT molecular complexity index is 945. The summed E-state index contributed by atoms with van der Waals surface area (Å²) in [7, 11) is 1.85. The van der Waals surface area contributed by atoms with E-state index in [4.69, 9.17) is 0 Å². The molecule has 0 radical (unpaired) electrons. The summed E-state index contributed by atoms with van der Waals surface area (Å²) in [4.78, 5) is 35.1. The normalized spacial score (nSPS) is 11.0. The number of Topliss-reactive ketones (excluding diaryl/α,β-unsaturated/α-hetero) is 1. The number of nitrogens with one attached hydrogen (secondary N) is 2. The zero-order chi connectivity index (χ0) is 21.8. The molecule has 0 atom stereocenters. The number of allylic oxidation sites excluding steroid dienone is 2. The molecular formula is C25H28N2O3. The van der Waals surface area contributed by atoms with E-state index in [0.717, 1.165) is 23.2 Å². The van der Waals surface area contributed by atoms with Crippen molar-refractivity contribution in [2.24, 2.45) is 0 Å². The van der Waals surface area contributed by atoms with Crippen molar-refractivity contribution >= 4 is 41.0 Å². The lowest BCUT2D eigenvalue weighted by atomic mass is 10.1. The number of benzene rings is 2. The lowest BCUT2D eigenvalue weighted by Gasteiger charge is -2.06. The van der Waals surface area contributed by atoms with E-state index in [1.807, 2.05) is 49.5 Å². The van der Waals surface area contributed by atoms with Gasteiger partial charge in [0.2, 0.25) is 5.91 Å². The fourth-order valence-electron chi connectivity index (χ4n) is 2.81. The Morgan fingerprint density at radius 1 is 0.833 bits per heavy atom. The molecule has 0 aliphatic rings. The van der Waals surface area contributed by atoms with Crippen LogP contribution in [-0.2, 0) is 14.4 Å². The summed E-state index contributed by atoms with van der Waals surface area (Å²) < 4.78 is 0. The predicted octanol–water partition coefficient (Wildman–Crippen LogP) is 5.11. The first kappa shape index (κ1) is 22.8. The third kappa shape index (κ3) is 8.69. The van der Waals surface area contributed by atoms with Crippen LogP contribution in [-0.4, -0.2) is 24.5 Å². The van der Waals surface area contributed by atoms with Crippen LogP contribution in [0.5, 0.6) is 0 Å². The van der Waals surface area contributed by atoms with E-state index >= 15 is 0 Å². The number of hydrogen-bond donors (Lipinski definition) is 2. The molecule has 0 spiro atoms. The molecule has 5 heteroatoms. The number of ketones is 2. The Balaban J connectivity index is 1.88. The highest BCUT2D eigenvalue weighted by Gasteiger charge is 2.03. The van der Waals surface area contributed by atoms with Gasteiger partial charge in [-0.3, -0.25) is 9.59 Å². The summed E-state index contributed by atoms with van der Waals surface area (Å²) in [6.07, 6.45) is 8.82. The minimum Gasteiger partial charge on any atom is -0.388 e. The zero-order valence-corrected chi connectivity index (χ0v) is 17.5. The first-order valence-electron chi connectivity index (χ1n) is 10.0. The van der Waals surface area contributed by atoms with Gasteiger partial charge in [0.1, 0.15) is 5.78 Å². The topological polar surface area (TPSA) is 75.3 Å². The van der Waals surface area contributed by atoms with Crippen LogP contribution in [0.2, 0.25) is 0 Å². The molecule has 1 amide bonds. The maximum absolute atomic E-state index is 12.1. The Kier molecular flexibility index (Phi) is 9.25. The van der Waals surface area contributed by atoms with Gasteiger partial charge >= 0.3 is 0 Å². The van der Waals surface area contributed by atoms with Gasteiger partial charge < -0.3 is 15.4 Å². The van der Waals surface area contributed by atoms with Gasteiger partial charge in [-0.05, 0) is 67.3 Å². The lowest BCUT2D eigenvalue weighted by Crippen LogP contribution is -2.11. The van der Waals surface area contributed by atoms with Crippen LogP contribution in [0.15, 0.2) is 60.7 Å². The smallest absolute Gasteiger partial charge is 0.224 e. The van der Waals surface area contributed by atoms with Gasteiger partial charge in [0, 0.05) is 31.3 Å². The summed E-state index contributed by atoms with van der Waals surface area (Å²) in [6, 6.07) is 15.1. The number of amides is 1. The van der Waals surface area contributed by atoms with Gasteiger partial charge in [-0.1, -0.05) is 36.4 Å². The molecule has 5 nitrogen and oxygen atoms in total. The van der Waals surface area contributed by atoms with Gasteiger partial charge in [-0.25, -0.2) is 0 Å². The molecule has 2 aromatic carbocycles. The van der Waals surface area contributed by atoms with Crippen molar-refractivity contribution < 1.29 is 14.4 Å². The standard InChI is InChI=1S/C25H28N2O3/c1-19(28)7-3-4-12-25(30)27-23-11-6-9-21(18-23)14-16-24(29)15-13-20-8-5-10-22(17-20)26-2/h5-6,8-11,13-18,26H,3-4,7,12H2,1-2H3,(H,27,30)/b15-13+,16-14+. The predicted molar refractivity (Wildman–Crippen MR) is 123 cm³/mol. The number of carbonyl (C=O) groups is 3. The van der Waals surface area contributed by atoms with Crippen molar-refractivity contribution in [2.45, 2.75) is 32.6 Å². The highest BCUT2D eigenvalue weighted by atomic mass is 16.1. The molecule has 2 rings (SSSR count). The molecule has 0 unspecified atom stereocenters. The maximum atomic E-state index is 12.1. The summed E-state index contributed by atoms with van der Waals surface area (Å²) in [6.45, 7) is 1.56. The second-order valence-electron chi connectivity index (χ2n) is 7.03. The fourth-order valence-corrected chi connectivity index (χ4v) is 2.81. The average molecular weight is 405 g/mol. The highest BCUT2D eigenvalue weighted by molar-refractivity contribution is 6.04. The van der Waals surface area contributed by atoms with Crippen LogP contribution in [0, 0.1) is 0 Å². The van der Waals surface area contributed by atoms with E-state index in [1.54, 1.807) is 25.1 Å². The first-order chi connectivity index (χ1) is 14.5. The van der Waals surface area contributed by atoms with Crippen molar-refractivity contribution in [3.63, 3.8) is 0 Å². The molecule has 0 aliphatic carbocycles. The third-order valence-electron chi connectivity index (χ3n) is 4.41. The van der Waals surface area contributed by atoms with Gasteiger partial charge in [-0.2, -0.15) is 0 Å². The average Bonchev–Trinajstić information content (AvgIpc) is 2.74. The van der Waals surface area contributed by atoms with Gasteiger partial charge in [0.05, 0.1) is 0 Å². The SMILES string of the molecule is CNc1cccc(/C=C/C(=O)/C=C/c2cccc(NC(=O)CCCCC(C)=O)c2)c1. The fraction of sp³-hybridized carbons (Fsp3) is 0.240. The van der Waals surface area contributed by atoms with Crippen molar-refractivity contribution in [3.05, 3.63) is 71.8 Å². The molecule has 0 aliphatic heterocycles. The maximum Gasteiger partial charge on any atom is 0.224 e. The van der Waals surface area contributed by atoms with Crippen LogP contribution >= 0.6 is 0 Å². The van der Waals surface area contributed by atoms with Crippen LogP contribution in [0.4, 0.5) is 11.4 Å². The molecule has 0 saturated carbocycles. The van der Waals surface area contributed by atoms with Crippen molar-refractivity contribution in [3.8, 4) is 0 Å². The second kappa shape index (κ2) is 12.2. The minimum atomic E-state index is -0.121. The molecule has 0 fully saturated rings. The number of unbranched alkanes of at least 4 members (excludes halogenated alkanes) is 1.